The Balaban J connectivity index is 1.58. The Morgan fingerprint density at radius 1 is 1.09 bits per heavy atom. The summed E-state index contributed by atoms with van der Waals surface area (Å²) in [5.74, 6) is -0.324. The minimum absolute atomic E-state index is 0.121. The van der Waals surface area contributed by atoms with E-state index in [0.717, 1.165) is 18.5 Å². The number of likely N-dealkylation sites (N-methyl/N-ethyl adjacent to an activating group) is 1. The van der Waals surface area contributed by atoms with E-state index in [-0.39, 0.29) is 17.6 Å². The number of aromatic nitrogens is 1. The number of carbonyl (C=O) groups is 2. The van der Waals surface area contributed by atoms with Crippen LogP contribution < -0.4 is 16.4 Å². The van der Waals surface area contributed by atoms with Crippen molar-refractivity contribution < 1.29 is 9.59 Å². The average molecular weight is 481 g/mol. The highest BCUT2D eigenvalue weighted by Gasteiger charge is 2.15. The van der Waals surface area contributed by atoms with E-state index >= 15 is 0 Å². The fourth-order valence-electron chi connectivity index (χ4n) is 3.33. The number of urea groups is 1. The van der Waals surface area contributed by atoms with E-state index in [1.54, 1.807) is 27.9 Å². The standard InChI is InChI=1S/C25H32N6O2S/c1-18-5-4-6-19(13-18)9-10-27-25(33)31(12-11-30(2)3)15-20-7-8-22(28-14-20)24(32)29-23-17-34-16-21(23)26/h4-8,13-14,16-17H,9-12,15,26H2,1-3H3,(H,27,33)(H,29,32). The van der Waals surface area contributed by atoms with Gasteiger partial charge in [0.2, 0.25) is 0 Å². The number of nitrogens with two attached hydrogens (primary N) is 1. The number of aryl methyl sites for hydroxylation is 1. The number of pyridine rings is 1. The van der Waals surface area contributed by atoms with E-state index in [9.17, 15) is 9.59 Å². The molecule has 0 spiro atoms. The molecule has 0 unspecified atom stereocenters. The van der Waals surface area contributed by atoms with Gasteiger partial charge in [-0.05, 0) is 44.6 Å². The zero-order valence-corrected chi connectivity index (χ0v) is 20.7. The van der Waals surface area contributed by atoms with Crippen LogP contribution in [0.15, 0.2) is 53.4 Å². The zero-order chi connectivity index (χ0) is 24.5. The lowest BCUT2D eigenvalue weighted by Crippen LogP contribution is -2.43. The van der Waals surface area contributed by atoms with Gasteiger partial charge in [0.15, 0.2) is 0 Å². The van der Waals surface area contributed by atoms with Crippen molar-refractivity contribution in [2.75, 3.05) is 44.8 Å². The molecule has 3 amide bonds. The van der Waals surface area contributed by atoms with Crippen LogP contribution >= 0.6 is 11.3 Å². The number of hydrogen-bond acceptors (Lipinski definition) is 6. The highest BCUT2D eigenvalue weighted by atomic mass is 32.1. The van der Waals surface area contributed by atoms with Crippen LogP contribution in [0.2, 0.25) is 0 Å². The Morgan fingerprint density at radius 2 is 1.91 bits per heavy atom. The minimum atomic E-state index is -0.324. The van der Waals surface area contributed by atoms with Gasteiger partial charge in [-0.25, -0.2) is 4.79 Å². The van der Waals surface area contributed by atoms with Crippen LogP contribution in [0.3, 0.4) is 0 Å². The Bertz CT molecular complexity index is 1100. The first kappa shape index (κ1) is 25.2. The third-order valence-corrected chi connectivity index (χ3v) is 6.01. The fourth-order valence-corrected chi connectivity index (χ4v) is 4.01. The average Bonchev–Trinajstić information content (AvgIpc) is 3.21. The smallest absolute Gasteiger partial charge is 0.317 e. The van der Waals surface area contributed by atoms with E-state index < -0.39 is 0 Å². The molecule has 0 bridgehead atoms. The Hall–Kier alpha value is -3.43. The summed E-state index contributed by atoms with van der Waals surface area (Å²) in [4.78, 5) is 33.4. The summed E-state index contributed by atoms with van der Waals surface area (Å²) >= 11 is 1.42. The summed E-state index contributed by atoms with van der Waals surface area (Å²) in [7, 11) is 3.95. The van der Waals surface area contributed by atoms with Crippen molar-refractivity contribution in [3.8, 4) is 0 Å². The molecule has 1 aromatic carbocycles. The fraction of sp³-hybridized carbons (Fsp3) is 0.320. The maximum absolute atomic E-state index is 12.9. The van der Waals surface area contributed by atoms with Crippen molar-refractivity contribution in [3.05, 3.63) is 75.7 Å². The van der Waals surface area contributed by atoms with Crippen LogP contribution in [0.4, 0.5) is 16.2 Å². The number of amides is 3. The van der Waals surface area contributed by atoms with Crippen molar-refractivity contribution in [3.63, 3.8) is 0 Å². The lowest BCUT2D eigenvalue weighted by atomic mass is 10.1. The third kappa shape index (κ3) is 7.57. The molecule has 4 N–H and O–H groups in total. The van der Waals surface area contributed by atoms with Gasteiger partial charge in [-0.3, -0.25) is 9.78 Å². The van der Waals surface area contributed by atoms with Gasteiger partial charge in [0.05, 0.1) is 11.4 Å². The maximum atomic E-state index is 12.9. The van der Waals surface area contributed by atoms with Gasteiger partial charge >= 0.3 is 6.03 Å². The first-order chi connectivity index (χ1) is 16.3. The van der Waals surface area contributed by atoms with Crippen molar-refractivity contribution >= 4 is 34.6 Å². The number of hydrogen-bond donors (Lipinski definition) is 3. The number of rotatable bonds is 10. The predicted octanol–water partition coefficient (Wildman–Crippen LogP) is 3.60. The molecule has 34 heavy (non-hydrogen) atoms. The van der Waals surface area contributed by atoms with E-state index in [2.05, 4.69) is 40.7 Å². The Kier molecular flexibility index (Phi) is 9.00. The van der Waals surface area contributed by atoms with Crippen molar-refractivity contribution in [1.82, 2.24) is 20.1 Å². The largest absolute Gasteiger partial charge is 0.396 e. The number of thiophene rings is 1. The molecular formula is C25H32N6O2S. The number of benzene rings is 1. The summed E-state index contributed by atoms with van der Waals surface area (Å²) in [6.45, 7) is 4.33. The first-order valence-electron chi connectivity index (χ1n) is 11.1. The number of carbonyl (C=O) groups excluding carboxylic acids is 2. The van der Waals surface area contributed by atoms with Gasteiger partial charge in [-0.15, -0.1) is 11.3 Å². The van der Waals surface area contributed by atoms with Crippen molar-refractivity contribution in [2.45, 2.75) is 19.9 Å². The Labute approximate surface area is 204 Å². The lowest BCUT2D eigenvalue weighted by Gasteiger charge is -2.25. The maximum Gasteiger partial charge on any atom is 0.317 e. The van der Waals surface area contributed by atoms with Gasteiger partial charge in [-0.1, -0.05) is 35.9 Å². The van der Waals surface area contributed by atoms with Crippen molar-refractivity contribution in [2.24, 2.45) is 0 Å². The summed E-state index contributed by atoms with van der Waals surface area (Å²) < 4.78 is 0. The number of nitrogens with zero attached hydrogens (tertiary/aromatic N) is 3. The predicted molar refractivity (Wildman–Crippen MR) is 138 cm³/mol. The van der Waals surface area contributed by atoms with Crippen LogP contribution in [0.25, 0.3) is 0 Å². The molecule has 2 aromatic heterocycles. The Morgan fingerprint density at radius 3 is 2.56 bits per heavy atom. The van der Waals surface area contributed by atoms with Gasteiger partial charge < -0.3 is 26.2 Å². The van der Waals surface area contributed by atoms with Gasteiger partial charge in [0.25, 0.3) is 5.91 Å². The molecule has 0 saturated carbocycles. The van der Waals surface area contributed by atoms with Crippen LogP contribution in [0, 0.1) is 6.92 Å². The highest BCUT2D eigenvalue weighted by molar-refractivity contribution is 7.09. The second-order valence-electron chi connectivity index (χ2n) is 8.44. The second-order valence-corrected chi connectivity index (χ2v) is 9.19. The highest BCUT2D eigenvalue weighted by Crippen LogP contribution is 2.23. The molecule has 0 aliphatic heterocycles. The number of nitrogens with one attached hydrogen (secondary N) is 2. The molecule has 9 heteroatoms. The molecule has 0 radical (unpaired) electrons. The molecular weight excluding hydrogens is 448 g/mol. The molecule has 0 aliphatic rings. The van der Waals surface area contributed by atoms with E-state index in [4.69, 9.17) is 5.73 Å². The SMILES string of the molecule is Cc1cccc(CCNC(=O)N(CCN(C)C)Cc2ccc(C(=O)Nc3cscc3N)nc2)c1. The molecule has 180 valence electrons. The number of nitrogen functional groups attached to an aromatic ring is 1. The monoisotopic (exact) mass is 480 g/mol. The molecule has 2 heterocycles. The quantitative estimate of drug-likeness (QED) is 0.411. The molecule has 0 saturated heterocycles. The van der Waals surface area contributed by atoms with Crippen LogP contribution in [0.5, 0.6) is 0 Å². The van der Waals surface area contributed by atoms with E-state index in [1.807, 2.05) is 31.1 Å². The second kappa shape index (κ2) is 12.2. The topological polar surface area (TPSA) is 104 Å². The molecule has 0 atom stereocenters. The van der Waals surface area contributed by atoms with Crippen LogP contribution in [-0.2, 0) is 13.0 Å². The third-order valence-electron chi connectivity index (χ3n) is 5.25. The lowest BCUT2D eigenvalue weighted by molar-refractivity contribution is 0.102. The van der Waals surface area contributed by atoms with Crippen molar-refractivity contribution in [1.29, 1.82) is 0 Å². The summed E-state index contributed by atoms with van der Waals surface area (Å²) in [6, 6.07) is 11.7. The molecule has 8 nitrogen and oxygen atoms in total. The van der Waals surface area contributed by atoms with Gasteiger partial charge in [0, 0.05) is 43.1 Å². The zero-order valence-electron chi connectivity index (χ0n) is 19.9. The molecule has 3 aromatic rings. The van der Waals surface area contributed by atoms with Gasteiger partial charge in [0.1, 0.15) is 5.69 Å². The normalized spacial score (nSPS) is 10.8. The minimum Gasteiger partial charge on any atom is -0.396 e. The van der Waals surface area contributed by atoms with Gasteiger partial charge in [-0.2, -0.15) is 0 Å². The van der Waals surface area contributed by atoms with E-state index in [0.29, 0.717) is 31.0 Å². The summed E-state index contributed by atoms with van der Waals surface area (Å²) in [6.07, 6.45) is 2.41. The summed E-state index contributed by atoms with van der Waals surface area (Å²) in [5.41, 5.74) is 10.5. The molecule has 3 rings (SSSR count). The molecule has 0 aliphatic carbocycles. The molecule has 0 fully saturated rings. The summed E-state index contributed by atoms with van der Waals surface area (Å²) in [5, 5.41) is 9.33. The van der Waals surface area contributed by atoms with E-state index in [1.165, 1.54) is 22.5 Å². The van der Waals surface area contributed by atoms with Crippen LogP contribution in [0.1, 0.15) is 27.2 Å². The first-order valence-corrected chi connectivity index (χ1v) is 12.1. The number of anilines is 2. The van der Waals surface area contributed by atoms with Crippen LogP contribution in [-0.4, -0.2) is 60.5 Å².